The summed E-state index contributed by atoms with van der Waals surface area (Å²) in [6.07, 6.45) is 3.77. The van der Waals surface area contributed by atoms with Crippen molar-refractivity contribution in [3.8, 4) is 0 Å². The largest absolute Gasteiger partial charge is 0.382 e. The van der Waals surface area contributed by atoms with Crippen LogP contribution in [0, 0.1) is 17.3 Å². The minimum absolute atomic E-state index is 0.171. The van der Waals surface area contributed by atoms with Crippen LogP contribution >= 0.6 is 0 Å². The van der Waals surface area contributed by atoms with Gasteiger partial charge in [0.2, 0.25) is 0 Å². The Hall–Kier alpha value is -0.670. The second-order valence-electron chi connectivity index (χ2n) is 6.98. The fourth-order valence-electron chi connectivity index (χ4n) is 4.03. The lowest BCUT2D eigenvalue weighted by Crippen LogP contribution is -2.55. The second-order valence-corrected chi connectivity index (χ2v) is 6.98. The van der Waals surface area contributed by atoms with E-state index in [1.165, 1.54) is 0 Å². The normalized spacial score (nSPS) is 49.2. The van der Waals surface area contributed by atoms with E-state index in [-0.39, 0.29) is 5.78 Å². The van der Waals surface area contributed by atoms with Crippen molar-refractivity contribution in [2.24, 2.45) is 17.3 Å². The van der Waals surface area contributed by atoms with E-state index in [1.54, 1.807) is 6.08 Å². The van der Waals surface area contributed by atoms with Crippen LogP contribution in [-0.4, -0.2) is 29.2 Å². The molecule has 1 heterocycles. The Morgan fingerprint density at radius 3 is 2.61 bits per heavy atom. The van der Waals surface area contributed by atoms with Crippen LogP contribution < -0.4 is 0 Å². The monoisotopic (exact) mass is 250 g/mol. The summed E-state index contributed by atoms with van der Waals surface area (Å²) in [6.45, 7) is 7.10. The summed E-state index contributed by atoms with van der Waals surface area (Å²) in [6, 6.07) is 0. The molecule has 1 saturated carbocycles. The average molecular weight is 250 g/mol. The predicted molar refractivity (Wildman–Crippen MR) is 68.1 cm³/mol. The van der Waals surface area contributed by atoms with Crippen molar-refractivity contribution in [3.05, 3.63) is 11.6 Å². The Bertz CT molecular complexity index is 417. The lowest BCUT2D eigenvalue weighted by molar-refractivity contribution is -0.136. The average Bonchev–Trinajstić information content (AvgIpc) is 3.05. The van der Waals surface area contributed by atoms with Gasteiger partial charge in [-0.2, -0.15) is 0 Å². The molecule has 0 aromatic rings. The van der Waals surface area contributed by atoms with Crippen molar-refractivity contribution < 1.29 is 14.6 Å². The first-order valence-corrected chi connectivity index (χ1v) is 6.90. The van der Waals surface area contributed by atoms with Crippen LogP contribution in [0.1, 0.15) is 40.0 Å². The van der Waals surface area contributed by atoms with Crippen molar-refractivity contribution in [1.82, 2.24) is 0 Å². The van der Waals surface area contributed by atoms with Crippen LogP contribution in [0.2, 0.25) is 0 Å². The van der Waals surface area contributed by atoms with Gasteiger partial charge in [-0.1, -0.05) is 19.4 Å². The number of hydrogen-bond donors (Lipinski definition) is 1. The zero-order chi connectivity index (χ0) is 13.1. The van der Waals surface area contributed by atoms with Crippen molar-refractivity contribution in [1.29, 1.82) is 0 Å². The summed E-state index contributed by atoms with van der Waals surface area (Å²) >= 11 is 0. The summed E-state index contributed by atoms with van der Waals surface area (Å²) < 4.78 is 5.57. The van der Waals surface area contributed by atoms with E-state index in [9.17, 15) is 9.90 Å². The van der Waals surface area contributed by atoms with Gasteiger partial charge in [-0.25, -0.2) is 0 Å². The van der Waals surface area contributed by atoms with Gasteiger partial charge in [0.1, 0.15) is 11.7 Å². The quantitative estimate of drug-likeness (QED) is 0.670. The van der Waals surface area contributed by atoms with Gasteiger partial charge >= 0.3 is 0 Å². The minimum Gasteiger partial charge on any atom is -0.382 e. The second kappa shape index (κ2) is 3.67. The van der Waals surface area contributed by atoms with Crippen molar-refractivity contribution >= 4 is 5.78 Å². The van der Waals surface area contributed by atoms with Crippen LogP contribution in [0.3, 0.4) is 0 Å². The molecule has 18 heavy (non-hydrogen) atoms. The first-order valence-electron chi connectivity index (χ1n) is 6.90. The first kappa shape index (κ1) is 12.4. The molecule has 1 saturated heterocycles. The summed E-state index contributed by atoms with van der Waals surface area (Å²) in [4.78, 5) is 12.0. The van der Waals surface area contributed by atoms with Gasteiger partial charge in [-0.3, -0.25) is 4.79 Å². The minimum atomic E-state index is -0.964. The van der Waals surface area contributed by atoms with Crippen molar-refractivity contribution in [3.63, 3.8) is 0 Å². The number of rotatable bonds is 0. The zero-order valence-electron chi connectivity index (χ0n) is 11.4. The number of carbonyl (C=O) groups excluding carboxylic acids is 1. The molecule has 3 heteroatoms. The van der Waals surface area contributed by atoms with Crippen LogP contribution in [0.4, 0.5) is 0 Å². The molecule has 0 bridgehead atoms. The summed E-state index contributed by atoms with van der Waals surface area (Å²) in [5.74, 6) is 0.741. The van der Waals surface area contributed by atoms with Gasteiger partial charge in [0.25, 0.3) is 0 Å². The molecule has 1 aliphatic heterocycles. The SMILES string of the molecule is C/C1=C/C(=O)[C@H](O)[C@]2(CO2)[C@@H]2CC(C)(C)[C@H]2CC1. The van der Waals surface area contributed by atoms with Crippen LogP contribution in [0.5, 0.6) is 0 Å². The number of allylic oxidation sites excluding steroid dienone is 1. The number of epoxide rings is 1. The number of fused-ring (bicyclic) bond motifs is 2. The molecule has 0 unspecified atom stereocenters. The number of hydrogen-bond acceptors (Lipinski definition) is 3. The Morgan fingerprint density at radius 2 is 2.06 bits per heavy atom. The predicted octanol–water partition coefficient (Wildman–Crippen LogP) is 2.09. The van der Waals surface area contributed by atoms with Gasteiger partial charge in [0.05, 0.1) is 6.61 Å². The molecule has 0 aromatic heterocycles. The van der Waals surface area contributed by atoms with E-state index in [2.05, 4.69) is 13.8 Å². The highest BCUT2D eigenvalue weighted by molar-refractivity contribution is 5.95. The molecular formula is C15H22O3. The van der Waals surface area contributed by atoms with Gasteiger partial charge in [0, 0.05) is 0 Å². The highest BCUT2D eigenvalue weighted by Gasteiger charge is 2.67. The Kier molecular flexibility index (Phi) is 2.52. The topological polar surface area (TPSA) is 49.8 Å². The lowest BCUT2D eigenvalue weighted by atomic mass is 9.50. The van der Waals surface area contributed by atoms with E-state index in [1.807, 2.05) is 6.92 Å². The highest BCUT2D eigenvalue weighted by atomic mass is 16.6. The molecule has 4 atom stereocenters. The molecule has 0 aromatic carbocycles. The van der Waals surface area contributed by atoms with Crippen molar-refractivity contribution in [2.75, 3.05) is 6.61 Å². The highest BCUT2D eigenvalue weighted by Crippen LogP contribution is 2.62. The number of ether oxygens (including phenoxy) is 1. The maximum Gasteiger partial charge on any atom is 0.187 e. The first-order chi connectivity index (χ1) is 8.37. The third-order valence-electron chi connectivity index (χ3n) is 5.31. The van der Waals surface area contributed by atoms with Gasteiger partial charge in [0.15, 0.2) is 5.78 Å². The third-order valence-corrected chi connectivity index (χ3v) is 5.31. The van der Waals surface area contributed by atoms with E-state index < -0.39 is 11.7 Å². The number of aliphatic hydroxyl groups excluding tert-OH is 1. The van der Waals surface area contributed by atoms with Crippen LogP contribution in [-0.2, 0) is 9.53 Å². The van der Waals surface area contributed by atoms with E-state index >= 15 is 0 Å². The van der Waals surface area contributed by atoms with Crippen LogP contribution in [0.25, 0.3) is 0 Å². The smallest absolute Gasteiger partial charge is 0.187 e. The molecule has 0 radical (unpaired) electrons. The Morgan fingerprint density at radius 1 is 1.39 bits per heavy atom. The fourth-order valence-corrected chi connectivity index (χ4v) is 4.03. The Labute approximate surface area is 108 Å². The fraction of sp³-hybridized carbons (Fsp3) is 0.800. The van der Waals surface area contributed by atoms with E-state index in [4.69, 9.17) is 4.74 Å². The van der Waals surface area contributed by atoms with Crippen LogP contribution in [0.15, 0.2) is 11.6 Å². The number of ketones is 1. The van der Waals surface area contributed by atoms with Gasteiger partial charge < -0.3 is 9.84 Å². The molecule has 3 nitrogen and oxygen atoms in total. The Balaban J connectivity index is 1.94. The molecule has 3 aliphatic rings. The van der Waals surface area contributed by atoms with E-state index in [0.717, 1.165) is 24.8 Å². The van der Waals surface area contributed by atoms with Gasteiger partial charge in [-0.15, -0.1) is 0 Å². The van der Waals surface area contributed by atoms with E-state index in [0.29, 0.717) is 23.9 Å². The molecule has 3 rings (SSSR count). The third kappa shape index (κ3) is 1.60. The standard InChI is InChI=1S/C15H22O3/c1-9-4-5-10-11(7-14(10,2)3)15(8-18-15)13(17)12(16)6-9/h6,10-11,13,17H,4-5,7-8H2,1-3H3/b9-6-/t10-,11+,13-,15-/m0/s1. The lowest BCUT2D eigenvalue weighted by Gasteiger charge is -2.54. The molecular weight excluding hydrogens is 228 g/mol. The number of aliphatic hydroxyl groups is 1. The maximum absolute atomic E-state index is 12.0. The maximum atomic E-state index is 12.0. The molecule has 100 valence electrons. The number of carbonyl (C=O) groups is 1. The molecule has 1 N–H and O–H groups in total. The molecule has 2 aliphatic carbocycles. The summed E-state index contributed by atoms with van der Waals surface area (Å²) in [5, 5.41) is 10.3. The molecule has 2 fully saturated rings. The zero-order valence-corrected chi connectivity index (χ0v) is 11.4. The molecule has 0 amide bonds. The summed E-state index contributed by atoms with van der Waals surface area (Å²) in [5.41, 5.74) is 0.841. The van der Waals surface area contributed by atoms with Crippen molar-refractivity contribution in [2.45, 2.75) is 51.7 Å². The summed E-state index contributed by atoms with van der Waals surface area (Å²) in [7, 11) is 0. The van der Waals surface area contributed by atoms with Gasteiger partial charge in [-0.05, 0) is 49.5 Å². The molecule has 1 spiro atoms.